The van der Waals surface area contributed by atoms with Crippen LogP contribution in [0.1, 0.15) is 5.56 Å². The van der Waals surface area contributed by atoms with Gasteiger partial charge in [0.05, 0.1) is 18.9 Å². The molecule has 0 saturated heterocycles. The number of benzene rings is 1. The molecular weight excluding hydrogens is 288 g/mol. The number of phenolic OH excluding ortho intramolecular Hbond substituents is 1. The second kappa shape index (κ2) is 4.29. The molecule has 3 N–H and O–H groups in total. The van der Waals surface area contributed by atoms with Gasteiger partial charge in [-0.3, -0.25) is 0 Å². The number of nitrogen functional groups attached to an aromatic ring is 1. The molecular formula is C11H11BrN2O3. The fourth-order valence-corrected chi connectivity index (χ4v) is 2.11. The maximum atomic E-state index is 10.1. The van der Waals surface area contributed by atoms with Gasteiger partial charge in [-0.15, -0.1) is 0 Å². The van der Waals surface area contributed by atoms with Crippen molar-refractivity contribution in [3.05, 3.63) is 22.3 Å². The monoisotopic (exact) mass is 298 g/mol. The first kappa shape index (κ1) is 11.8. The molecule has 0 aliphatic heterocycles. The molecule has 0 bridgehead atoms. The SMILES string of the molecule is COc1cc(C)c(Br)c(-c2cnoc2N)c1O. The molecule has 0 fully saturated rings. The van der Waals surface area contributed by atoms with E-state index in [9.17, 15) is 5.11 Å². The smallest absolute Gasteiger partial charge is 0.230 e. The number of aromatic hydroxyl groups is 1. The molecule has 1 heterocycles. The Morgan fingerprint density at radius 1 is 1.53 bits per heavy atom. The number of nitrogens with zero attached hydrogens (tertiary/aromatic N) is 1. The van der Waals surface area contributed by atoms with Gasteiger partial charge in [-0.2, -0.15) is 0 Å². The van der Waals surface area contributed by atoms with Gasteiger partial charge in [0.15, 0.2) is 11.5 Å². The van der Waals surface area contributed by atoms with Crippen LogP contribution in [-0.4, -0.2) is 17.4 Å². The number of ether oxygens (including phenoxy) is 1. The number of methoxy groups -OCH3 is 1. The molecule has 0 saturated carbocycles. The van der Waals surface area contributed by atoms with Gasteiger partial charge in [0, 0.05) is 10.0 Å². The molecule has 2 aromatic rings. The van der Waals surface area contributed by atoms with Crippen LogP contribution in [0.2, 0.25) is 0 Å². The van der Waals surface area contributed by atoms with Gasteiger partial charge in [-0.25, -0.2) is 0 Å². The van der Waals surface area contributed by atoms with Crippen molar-refractivity contribution in [2.75, 3.05) is 12.8 Å². The van der Waals surface area contributed by atoms with E-state index in [2.05, 4.69) is 21.1 Å². The first-order valence-corrected chi connectivity index (χ1v) is 5.62. The summed E-state index contributed by atoms with van der Waals surface area (Å²) in [5.74, 6) is 0.523. The number of halogens is 1. The van der Waals surface area contributed by atoms with Crippen LogP contribution in [-0.2, 0) is 0 Å². The Hall–Kier alpha value is -1.69. The zero-order valence-corrected chi connectivity index (χ0v) is 10.9. The van der Waals surface area contributed by atoms with E-state index in [-0.39, 0.29) is 11.6 Å². The third-order valence-corrected chi connectivity index (χ3v) is 3.49. The molecule has 0 spiro atoms. The highest BCUT2D eigenvalue weighted by Gasteiger charge is 2.20. The Balaban J connectivity index is 2.76. The standard InChI is InChI=1S/C11H11BrN2O3/c1-5-3-7(16-2)10(15)8(9(5)12)6-4-14-17-11(6)13/h3-4,15H,13H2,1-2H3. The summed E-state index contributed by atoms with van der Waals surface area (Å²) >= 11 is 3.41. The number of hydrogen-bond acceptors (Lipinski definition) is 5. The van der Waals surface area contributed by atoms with Crippen molar-refractivity contribution in [3.8, 4) is 22.6 Å². The van der Waals surface area contributed by atoms with Gasteiger partial charge in [0.1, 0.15) is 0 Å². The van der Waals surface area contributed by atoms with Crippen LogP contribution in [0.3, 0.4) is 0 Å². The summed E-state index contributed by atoms with van der Waals surface area (Å²) in [6, 6.07) is 1.73. The topological polar surface area (TPSA) is 81.5 Å². The number of aromatic nitrogens is 1. The highest BCUT2D eigenvalue weighted by atomic mass is 79.9. The summed E-state index contributed by atoms with van der Waals surface area (Å²) in [5.41, 5.74) is 7.60. The van der Waals surface area contributed by atoms with Crippen LogP contribution in [0.4, 0.5) is 5.88 Å². The zero-order valence-electron chi connectivity index (χ0n) is 9.32. The molecule has 0 atom stereocenters. The predicted octanol–water partition coefficient (Wildman–Crippen LogP) is 2.71. The first-order valence-electron chi connectivity index (χ1n) is 4.82. The second-order valence-electron chi connectivity index (χ2n) is 3.54. The molecule has 0 aliphatic carbocycles. The molecule has 0 amide bonds. The third-order valence-electron chi connectivity index (χ3n) is 2.47. The number of hydrogen-bond donors (Lipinski definition) is 2. The van der Waals surface area contributed by atoms with Crippen LogP contribution in [0, 0.1) is 6.92 Å². The molecule has 5 nitrogen and oxygen atoms in total. The number of anilines is 1. The lowest BCUT2D eigenvalue weighted by molar-refractivity contribution is 0.374. The minimum Gasteiger partial charge on any atom is -0.504 e. The number of rotatable bonds is 2. The largest absolute Gasteiger partial charge is 0.504 e. The highest BCUT2D eigenvalue weighted by Crippen LogP contribution is 2.45. The van der Waals surface area contributed by atoms with Gasteiger partial charge < -0.3 is 20.1 Å². The minimum absolute atomic E-state index is 0.000116. The van der Waals surface area contributed by atoms with Crippen LogP contribution >= 0.6 is 15.9 Å². The van der Waals surface area contributed by atoms with E-state index >= 15 is 0 Å². The summed E-state index contributed by atoms with van der Waals surface area (Å²) in [6.07, 6.45) is 1.45. The van der Waals surface area contributed by atoms with E-state index in [1.165, 1.54) is 13.3 Å². The highest BCUT2D eigenvalue weighted by molar-refractivity contribution is 9.10. The fraction of sp³-hybridized carbons (Fsp3) is 0.182. The van der Waals surface area contributed by atoms with E-state index < -0.39 is 0 Å². The summed E-state index contributed by atoms with van der Waals surface area (Å²) < 4.78 is 10.6. The first-order chi connectivity index (χ1) is 8.06. The minimum atomic E-state index is -0.000116. The van der Waals surface area contributed by atoms with Gasteiger partial charge in [0.25, 0.3) is 0 Å². The number of nitrogens with two attached hydrogens (primary N) is 1. The Bertz CT molecular complexity index is 566. The van der Waals surface area contributed by atoms with Gasteiger partial charge in [-0.1, -0.05) is 5.16 Å². The second-order valence-corrected chi connectivity index (χ2v) is 4.33. The third kappa shape index (κ3) is 1.84. The van der Waals surface area contributed by atoms with E-state index in [0.29, 0.717) is 16.9 Å². The van der Waals surface area contributed by atoms with Crippen molar-refractivity contribution in [1.82, 2.24) is 5.16 Å². The van der Waals surface area contributed by atoms with Crippen LogP contribution in [0.5, 0.6) is 11.5 Å². The molecule has 0 radical (unpaired) electrons. The maximum Gasteiger partial charge on any atom is 0.230 e. The lowest BCUT2D eigenvalue weighted by atomic mass is 10.0. The lowest BCUT2D eigenvalue weighted by Gasteiger charge is -2.12. The lowest BCUT2D eigenvalue weighted by Crippen LogP contribution is -1.92. The maximum absolute atomic E-state index is 10.1. The average Bonchev–Trinajstić information content (AvgIpc) is 2.71. The van der Waals surface area contributed by atoms with Crippen molar-refractivity contribution >= 4 is 21.8 Å². The van der Waals surface area contributed by atoms with Gasteiger partial charge in [-0.05, 0) is 34.5 Å². The molecule has 90 valence electrons. The zero-order chi connectivity index (χ0) is 12.6. The molecule has 0 unspecified atom stereocenters. The summed E-state index contributed by atoms with van der Waals surface area (Å²) in [6.45, 7) is 1.89. The Morgan fingerprint density at radius 3 is 2.76 bits per heavy atom. The fourth-order valence-electron chi connectivity index (χ4n) is 1.59. The molecule has 1 aromatic heterocycles. The van der Waals surface area contributed by atoms with E-state index in [1.54, 1.807) is 6.07 Å². The van der Waals surface area contributed by atoms with E-state index in [1.807, 2.05) is 6.92 Å². The molecule has 0 aliphatic rings. The Labute approximate surface area is 106 Å². The van der Waals surface area contributed by atoms with Crippen molar-refractivity contribution in [2.45, 2.75) is 6.92 Å². The Kier molecular flexibility index (Phi) is 2.97. The van der Waals surface area contributed by atoms with Crippen molar-refractivity contribution in [3.63, 3.8) is 0 Å². The normalized spacial score (nSPS) is 10.5. The van der Waals surface area contributed by atoms with Gasteiger partial charge in [0.2, 0.25) is 5.88 Å². The quantitative estimate of drug-likeness (QED) is 0.891. The van der Waals surface area contributed by atoms with E-state index in [4.69, 9.17) is 15.0 Å². The molecule has 2 rings (SSSR count). The van der Waals surface area contributed by atoms with Crippen LogP contribution < -0.4 is 10.5 Å². The molecule has 17 heavy (non-hydrogen) atoms. The number of aryl methyl sites for hydroxylation is 1. The average molecular weight is 299 g/mol. The molecule has 6 heteroatoms. The van der Waals surface area contributed by atoms with Crippen molar-refractivity contribution in [1.29, 1.82) is 0 Å². The number of phenols is 1. The predicted molar refractivity (Wildman–Crippen MR) is 67.0 cm³/mol. The molecule has 1 aromatic carbocycles. The van der Waals surface area contributed by atoms with Crippen LogP contribution in [0.15, 0.2) is 21.3 Å². The van der Waals surface area contributed by atoms with E-state index in [0.717, 1.165) is 10.0 Å². The van der Waals surface area contributed by atoms with Crippen LogP contribution in [0.25, 0.3) is 11.1 Å². The summed E-state index contributed by atoms with van der Waals surface area (Å²) in [4.78, 5) is 0. The van der Waals surface area contributed by atoms with Crippen molar-refractivity contribution in [2.24, 2.45) is 0 Å². The van der Waals surface area contributed by atoms with Gasteiger partial charge >= 0.3 is 0 Å². The summed E-state index contributed by atoms with van der Waals surface area (Å²) in [7, 11) is 1.49. The van der Waals surface area contributed by atoms with Crippen molar-refractivity contribution < 1.29 is 14.4 Å². The summed E-state index contributed by atoms with van der Waals surface area (Å²) in [5, 5.41) is 13.7. The Morgan fingerprint density at radius 2 is 2.24 bits per heavy atom.